The molecule has 1 aliphatic rings. The van der Waals surface area contributed by atoms with Crippen molar-refractivity contribution in [2.75, 3.05) is 13.6 Å². The van der Waals surface area contributed by atoms with E-state index < -0.39 is 0 Å². The van der Waals surface area contributed by atoms with Gasteiger partial charge in [-0.05, 0) is 44.1 Å². The van der Waals surface area contributed by atoms with Gasteiger partial charge in [0, 0.05) is 18.5 Å². The molecule has 1 aliphatic carbocycles. The quantitative estimate of drug-likeness (QED) is 0.822. The number of rotatable bonds is 5. The van der Waals surface area contributed by atoms with Crippen LogP contribution in [0.2, 0.25) is 0 Å². The van der Waals surface area contributed by atoms with Crippen LogP contribution >= 0.6 is 11.3 Å². The molecule has 2 aromatic rings. The molecule has 0 saturated carbocycles. The van der Waals surface area contributed by atoms with Crippen molar-refractivity contribution >= 4 is 27.5 Å². The first-order valence-corrected chi connectivity index (χ1v) is 9.99. The average Bonchev–Trinajstić information content (AvgIpc) is 2.92. The lowest BCUT2D eigenvalue weighted by molar-refractivity contribution is -0.130. The van der Waals surface area contributed by atoms with E-state index in [1.54, 1.807) is 27.9 Å². The zero-order valence-corrected chi connectivity index (χ0v) is 16.4. The number of carbonyl (C=O) groups excluding carboxylic acids is 1. The summed E-state index contributed by atoms with van der Waals surface area (Å²) in [6, 6.07) is 0. The highest BCUT2D eigenvalue weighted by molar-refractivity contribution is 7.18. The third-order valence-corrected chi connectivity index (χ3v) is 6.32. The van der Waals surface area contributed by atoms with Crippen molar-refractivity contribution in [2.24, 2.45) is 5.92 Å². The van der Waals surface area contributed by atoms with Crippen molar-refractivity contribution in [3.05, 3.63) is 26.6 Å². The van der Waals surface area contributed by atoms with Crippen LogP contribution in [0.5, 0.6) is 0 Å². The predicted octanol–water partition coefficient (Wildman–Crippen LogP) is 3.15. The van der Waals surface area contributed by atoms with Gasteiger partial charge in [-0.25, -0.2) is 4.98 Å². The number of unbranched alkanes of at least 4 members (excludes halogenated alkanes) is 1. The number of hydrogen-bond donors (Lipinski definition) is 0. The van der Waals surface area contributed by atoms with Crippen molar-refractivity contribution < 1.29 is 4.79 Å². The molecule has 0 bridgehead atoms. The molecule has 1 amide bonds. The summed E-state index contributed by atoms with van der Waals surface area (Å²) in [6.45, 7) is 6.99. The first kappa shape index (κ1) is 18.1. The van der Waals surface area contributed by atoms with Gasteiger partial charge >= 0.3 is 0 Å². The van der Waals surface area contributed by atoms with E-state index in [0.29, 0.717) is 11.7 Å². The van der Waals surface area contributed by atoms with Crippen molar-refractivity contribution in [3.8, 4) is 0 Å². The fourth-order valence-electron chi connectivity index (χ4n) is 3.49. The van der Waals surface area contributed by atoms with E-state index >= 15 is 0 Å². The number of aryl methyl sites for hydroxylation is 2. The Labute approximate surface area is 152 Å². The number of nitrogens with zero attached hydrogens (tertiary/aromatic N) is 3. The number of hydrogen-bond acceptors (Lipinski definition) is 4. The van der Waals surface area contributed by atoms with Crippen LogP contribution in [0.3, 0.4) is 0 Å². The first-order chi connectivity index (χ1) is 11.9. The summed E-state index contributed by atoms with van der Waals surface area (Å²) < 4.78 is 1.55. The van der Waals surface area contributed by atoms with E-state index in [1.807, 2.05) is 6.92 Å². The Morgan fingerprint density at radius 1 is 1.44 bits per heavy atom. The first-order valence-electron chi connectivity index (χ1n) is 9.18. The average molecular weight is 362 g/mol. The van der Waals surface area contributed by atoms with Crippen LogP contribution in [0.1, 0.15) is 49.4 Å². The zero-order chi connectivity index (χ0) is 18.1. The second-order valence-electron chi connectivity index (χ2n) is 7.25. The van der Waals surface area contributed by atoms with Crippen molar-refractivity contribution in [2.45, 2.75) is 59.4 Å². The Hall–Kier alpha value is -1.69. The lowest BCUT2D eigenvalue weighted by atomic mass is 9.89. The smallest absolute Gasteiger partial charge is 0.263 e. The lowest BCUT2D eigenvalue weighted by Crippen LogP contribution is -2.35. The van der Waals surface area contributed by atoms with Gasteiger partial charge in [-0.2, -0.15) is 0 Å². The summed E-state index contributed by atoms with van der Waals surface area (Å²) in [4.78, 5) is 34.1. The predicted molar refractivity (Wildman–Crippen MR) is 102 cm³/mol. The van der Waals surface area contributed by atoms with Crippen LogP contribution in [0.25, 0.3) is 10.2 Å². The van der Waals surface area contributed by atoms with Crippen LogP contribution in [-0.4, -0.2) is 34.0 Å². The minimum Gasteiger partial charge on any atom is -0.344 e. The van der Waals surface area contributed by atoms with E-state index in [2.05, 4.69) is 18.8 Å². The second kappa shape index (κ2) is 7.28. The third kappa shape index (κ3) is 3.50. The van der Waals surface area contributed by atoms with Crippen LogP contribution in [0, 0.1) is 12.8 Å². The van der Waals surface area contributed by atoms with Crippen LogP contribution in [0.15, 0.2) is 4.79 Å². The summed E-state index contributed by atoms with van der Waals surface area (Å²) in [7, 11) is 1.80. The number of aromatic nitrogens is 2. The SMILES string of the molecule is CCCCN(C)C(=O)Cn1c(C)nc2sc3c(c2c1=O)CCC(C)C3. The molecule has 6 heteroatoms. The summed E-state index contributed by atoms with van der Waals surface area (Å²) in [5.74, 6) is 1.26. The van der Waals surface area contributed by atoms with Gasteiger partial charge in [-0.15, -0.1) is 11.3 Å². The Balaban J connectivity index is 1.96. The summed E-state index contributed by atoms with van der Waals surface area (Å²) in [6.07, 6.45) is 5.12. The minimum atomic E-state index is -0.0493. The molecule has 2 aromatic heterocycles. The highest BCUT2D eigenvalue weighted by Crippen LogP contribution is 2.35. The van der Waals surface area contributed by atoms with Gasteiger partial charge in [0.25, 0.3) is 5.56 Å². The minimum absolute atomic E-state index is 0.0301. The number of carbonyl (C=O) groups is 1. The van der Waals surface area contributed by atoms with Gasteiger partial charge in [0.2, 0.25) is 5.91 Å². The molecule has 136 valence electrons. The molecule has 25 heavy (non-hydrogen) atoms. The van der Waals surface area contributed by atoms with E-state index in [4.69, 9.17) is 0 Å². The van der Waals surface area contributed by atoms with Gasteiger partial charge in [0.15, 0.2) is 0 Å². The molecule has 0 saturated heterocycles. The number of amides is 1. The normalized spacial score (nSPS) is 16.9. The molecule has 3 rings (SSSR count). The maximum absolute atomic E-state index is 13.1. The van der Waals surface area contributed by atoms with Crippen LogP contribution in [-0.2, 0) is 24.2 Å². The van der Waals surface area contributed by atoms with Gasteiger partial charge in [0.05, 0.1) is 5.39 Å². The Morgan fingerprint density at radius 3 is 2.92 bits per heavy atom. The number of likely N-dealkylation sites (N-methyl/N-ethyl adjacent to an activating group) is 1. The monoisotopic (exact) mass is 361 g/mol. The van der Waals surface area contributed by atoms with Gasteiger partial charge in [-0.1, -0.05) is 20.3 Å². The molecule has 0 aromatic carbocycles. The molecule has 0 fully saturated rings. The zero-order valence-electron chi connectivity index (χ0n) is 15.6. The molecule has 0 spiro atoms. The van der Waals surface area contributed by atoms with E-state index in [0.717, 1.165) is 48.9 Å². The highest BCUT2D eigenvalue weighted by atomic mass is 32.1. The molecule has 1 atom stereocenters. The van der Waals surface area contributed by atoms with E-state index in [-0.39, 0.29) is 18.0 Å². The molecule has 2 heterocycles. The molecule has 0 radical (unpaired) electrons. The topological polar surface area (TPSA) is 55.2 Å². The van der Waals surface area contributed by atoms with E-state index in [9.17, 15) is 9.59 Å². The molecule has 5 nitrogen and oxygen atoms in total. The Morgan fingerprint density at radius 2 is 2.20 bits per heavy atom. The third-order valence-electron chi connectivity index (χ3n) is 5.17. The molecule has 0 N–H and O–H groups in total. The molecule has 0 aliphatic heterocycles. The number of thiophene rings is 1. The summed E-state index contributed by atoms with van der Waals surface area (Å²) in [5, 5.41) is 0.751. The Bertz CT molecular complexity index is 852. The fourth-order valence-corrected chi connectivity index (χ4v) is 4.91. The maximum atomic E-state index is 13.1. The van der Waals surface area contributed by atoms with Crippen LogP contribution in [0.4, 0.5) is 0 Å². The molecule has 1 unspecified atom stereocenters. The highest BCUT2D eigenvalue weighted by Gasteiger charge is 2.24. The summed E-state index contributed by atoms with van der Waals surface area (Å²) in [5.41, 5.74) is 1.13. The lowest BCUT2D eigenvalue weighted by Gasteiger charge is -2.19. The second-order valence-corrected chi connectivity index (χ2v) is 8.33. The fraction of sp³-hybridized carbons (Fsp3) is 0.632. The molecular weight excluding hydrogens is 334 g/mol. The van der Waals surface area contributed by atoms with E-state index in [1.165, 1.54) is 10.4 Å². The largest absolute Gasteiger partial charge is 0.344 e. The van der Waals surface area contributed by atoms with Crippen molar-refractivity contribution in [1.29, 1.82) is 0 Å². The maximum Gasteiger partial charge on any atom is 0.263 e. The van der Waals surface area contributed by atoms with Crippen LogP contribution < -0.4 is 5.56 Å². The van der Waals surface area contributed by atoms with Gasteiger partial charge < -0.3 is 4.90 Å². The van der Waals surface area contributed by atoms with Gasteiger partial charge in [-0.3, -0.25) is 14.2 Å². The standard InChI is InChI=1S/C19H27N3O2S/c1-5-6-9-21(4)16(23)11-22-13(3)20-18-17(19(22)24)14-8-7-12(2)10-15(14)25-18/h12H,5-11H2,1-4H3. The molecular formula is C19H27N3O2S. The number of fused-ring (bicyclic) bond motifs is 3. The Kier molecular flexibility index (Phi) is 5.27. The van der Waals surface area contributed by atoms with Crippen molar-refractivity contribution in [3.63, 3.8) is 0 Å². The summed E-state index contributed by atoms with van der Waals surface area (Å²) >= 11 is 1.66. The van der Waals surface area contributed by atoms with Crippen molar-refractivity contribution in [1.82, 2.24) is 14.5 Å². The van der Waals surface area contributed by atoms with Gasteiger partial charge in [0.1, 0.15) is 17.2 Å².